The molecule has 1 amide bonds. The number of carbonyl (C=O) groups excluding carboxylic acids is 1. The Kier molecular flexibility index (Phi) is 9.87. The van der Waals surface area contributed by atoms with Crippen molar-refractivity contribution >= 4 is 11.9 Å². The summed E-state index contributed by atoms with van der Waals surface area (Å²) < 4.78 is 18.8. The van der Waals surface area contributed by atoms with Crippen molar-refractivity contribution in [1.82, 2.24) is 20.9 Å². The molecule has 0 aliphatic carbocycles. The number of nitrogens with one attached hydrogen (secondary N) is 3. The van der Waals surface area contributed by atoms with Crippen molar-refractivity contribution in [1.29, 1.82) is 0 Å². The summed E-state index contributed by atoms with van der Waals surface area (Å²) in [6.45, 7) is 8.18. The largest absolute Gasteiger partial charge is 0.379 e. The summed E-state index contributed by atoms with van der Waals surface area (Å²) in [5.41, 5.74) is 1.05. The number of aliphatic imine (C=N–C) groups is 1. The third-order valence-electron chi connectivity index (χ3n) is 5.09. The Morgan fingerprint density at radius 3 is 2.55 bits per heavy atom. The van der Waals surface area contributed by atoms with Gasteiger partial charge in [0.25, 0.3) is 0 Å². The molecule has 0 saturated carbocycles. The van der Waals surface area contributed by atoms with Crippen molar-refractivity contribution in [3.05, 3.63) is 35.6 Å². The van der Waals surface area contributed by atoms with Gasteiger partial charge in [-0.1, -0.05) is 19.1 Å². The molecule has 1 saturated heterocycles. The second-order valence-electron chi connectivity index (χ2n) is 7.22. The Bertz CT molecular complexity index is 647. The standard InChI is InChI=1S/C21H34FN5O2/c1-4-16(2)26-20(28)9-10-24-21(23-3)25-15-19(27-11-13-29-14-12-27)17-5-7-18(22)8-6-17/h5-8,16,19H,4,9-15H2,1-3H3,(H,26,28)(H2,23,24,25). The first-order chi connectivity index (χ1) is 14.0. The highest BCUT2D eigenvalue weighted by Crippen LogP contribution is 2.21. The van der Waals surface area contributed by atoms with Gasteiger partial charge in [-0.3, -0.25) is 14.7 Å². The summed E-state index contributed by atoms with van der Waals surface area (Å²) in [5, 5.41) is 9.47. The average molecular weight is 408 g/mol. The van der Waals surface area contributed by atoms with Crippen LogP contribution in [0.15, 0.2) is 29.3 Å². The molecule has 0 bridgehead atoms. The molecule has 8 heteroatoms. The zero-order valence-electron chi connectivity index (χ0n) is 17.7. The van der Waals surface area contributed by atoms with Gasteiger partial charge in [0.05, 0.1) is 19.3 Å². The van der Waals surface area contributed by atoms with Gasteiger partial charge in [0.15, 0.2) is 5.96 Å². The Balaban J connectivity index is 1.89. The van der Waals surface area contributed by atoms with E-state index in [-0.39, 0.29) is 23.8 Å². The molecule has 0 aromatic heterocycles. The third kappa shape index (κ3) is 7.98. The molecule has 29 heavy (non-hydrogen) atoms. The number of hydrogen-bond acceptors (Lipinski definition) is 4. The van der Waals surface area contributed by atoms with Gasteiger partial charge in [0.2, 0.25) is 5.91 Å². The fourth-order valence-corrected chi connectivity index (χ4v) is 3.19. The van der Waals surface area contributed by atoms with Gasteiger partial charge in [0, 0.05) is 45.7 Å². The van der Waals surface area contributed by atoms with Gasteiger partial charge in [0.1, 0.15) is 5.82 Å². The molecule has 2 atom stereocenters. The minimum absolute atomic E-state index is 0.0276. The molecule has 0 radical (unpaired) electrons. The maximum atomic E-state index is 13.4. The number of carbonyl (C=O) groups is 1. The van der Waals surface area contributed by atoms with Crippen LogP contribution in [-0.2, 0) is 9.53 Å². The van der Waals surface area contributed by atoms with Gasteiger partial charge in [-0.05, 0) is 31.0 Å². The molecule has 7 nitrogen and oxygen atoms in total. The molecule has 0 spiro atoms. The lowest BCUT2D eigenvalue weighted by molar-refractivity contribution is -0.121. The first-order valence-electron chi connectivity index (χ1n) is 10.3. The zero-order valence-corrected chi connectivity index (χ0v) is 17.7. The zero-order chi connectivity index (χ0) is 21.1. The number of rotatable bonds is 9. The van der Waals surface area contributed by atoms with Crippen LogP contribution < -0.4 is 16.0 Å². The Morgan fingerprint density at radius 1 is 1.24 bits per heavy atom. The van der Waals surface area contributed by atoms with E-state index in [1.807, 2.05) is 26.0 Å². The number of ether oxygens (including phenoxy) is 1. The molecule has 1 fully saturated rings. The number of amides is 1. The number of guanidine groups is 1. The maximum absolute atomic E-state index is 13.4. The summed E-state index contributed by atoms with van der Waals surface area (Å²) >= 11 is 0. The van der Waals surface area contributed by atoms with Crippen molar-refractivity contribution in [2.75, 3.05) is 46.4 Å². The maximum Gasteiger partial charge on any atom is 0.221 e. The second-order valence-corrected chi connectivity index (χ2v) is 7.22. The van der Waals surface area contributed by atoms with Crippen LogP contribution in [0.25, 0.3) is 0 Å². The van der Waals surface area contributed by atoms with E-state index in [1.54, 1.807) is 7.05 Å². The number of benzene rings is 1. The van der Waals surface area contributed by atoms with Crippen LogP contribution in [0.5, 0.6) is 0 Å². The lowest BCUT2D eigenvalue weighted by atomic mass is 10.0. The normalized spacial score (nSPS) is 17.4. The highest BCUT2D eigenvalue weighted by molar-refractivity contribution is 5.81. The number of nitrogens with zero attached hydrogens (tertiary/aromatic N) is 2. The smallest absolute Gasteiger partial charge is 0.221 e. The lowest BCUT2D eigenvalue weighted by Gasteiger charge is -2.35. The second kappa shape index (κ2) is 12.4. The van der Waals surface area contributed by atoms with E-state index in [0.29, 0.717) is 38.7 Å². The first kappa shape index (κ1) is 23.1. The highest BCUT2D eigenvalue weighted by Gasteiger charge is 2.23. The number of halogens is 1. The van der Waals surface area contributed by atoms with Gasteiger partial charge in [-0.2, -0.15) is 0 Å². The lowest BCUT2D eigenvalue weighted by Crippen LogP contribution is -2.46. The highest BCUT2D eigenvalue weighted by atomic mass is 19.1. The summed E-state index contributed by atoms with van der Waals surface area (Å²) in [6.07, 6.45) is 1.30. The molecule has 1 aliphatic rings. The summed E-state index contributed by atoms with van der Waals surface area (Å²) in [4.78, 5) is 18.5. The summed E-state index contributed by atoms with van der Waals surface area (Å²) in [6, 6.07) is 6.90. The number of morpholine rings is 1. The van der Waals surface area contributed by atoms with E-state index in [4.69, 9.17) is 4.74 Å². The molecule has 3 N–H and O–H groups in total. The monoisotopic (exact) mass is 407 g/mol. The van der Waals surface area contributed by atoms with E-state index in [0.717, 1.165) is 25.1 Å². The third-order valence-corrected chi connectivity index (χ3v) is 5.09. The van der Waals surface area contributed by atoms with Crippen molar-refractivity contribution < 1.29 is 13.9 Å². The molecule has 1 heterocycles. The van der Waals surface area contributed by atoms with Gasteiger partial charge in [-0.25, -0.2) is 4.39 Å². The van der Waals surface area contributed by atoms with Gasteiger partial charge < -0.3 is 20.7 Å². The molecular weight excluding hydrogens is 373 g/mol. The van der Waals surface area contributed by atoms with Crippen LogP contribution in [0.2, 0.25) is 0 Å². The molecule has 1 aromatic rings. The van der Waals surface area contributed by atoms with Crippen molar-refractivity contribution in [3.8, 4) is 0 Å². The van der Waals surface area contributed by atoms with Crippen LogP contribution in [0, 0.1) is 5.82 Å². The van der Waals surface area contributed by atoms with Crippen molar-refractivity contribution in [2.45, 2.75) is 38.8 Å². The number of hydrogen-bond donors (Lipinski definition) is 3. The van der Waals surface area contributed by atoms with Crippen LogP contribution in [0.4, 0.5) is 4.39 Å². The molecule has 2 unspecified atom stereocenters. The Labute approximate surface area is 173 Å². The van der Waals surface area contributed by atoms with E-state index < -0.39 is 0 Å². The first-order valence-corrected chi connectivity index (χ1v) is 10.3. The summed E-state index contributed by atoms with van der Waals surface area (Å²) in [7, 11) is 1.70. The fourth-order valence-electron chi connectivity index (χ4n) is 3.19. The van der Waals surface area contributed by atoms with Crippen LogP contribution in [-0.4, -0.2) is 69.2 Å². The van der Waals surface area contributed by atoms with Crippen molar-refractivity contribution in [2.24, 2.45) is 4.99 Å². The van der Waals surface area contributed by atoms with Crippen molar-refractivity contribution in [3.63, 3.8) is 0 Å². The van der Waals surface area contributed by atoms with Crippen LogP contribution in [0.3, 0.4) is 0 Å². The molecule has 162 valence electrons. The SMILES string of the molecule is CCC(C)NC(=O)CCNC(=NC)NCC(c1ccc(F)cc1)N1CCOCC1. The minimum Gasteiger partial charge on any atom is -0.379 e. The quantitative estimate of drug-likeness (QED) is 0.429. The molecule has 2 rings (SSSR count). The van der Waals surface area contributed by atoms with Gasteiger partial charge >= 0.3 is 0 Å². The molecule has 1 aromatic carbocycles. The van der Waals surface area contributed by atoms with E-state index in [1.165, 1.54) is 12.1 Å². The van der Waals surface area contributed by atoms with E-state index >= 15 is 0 Å². The predicted molar refractivity (Wildman–Crippen MR) is 113 cm³/mol. The van der Waals surface area contributed by atoms with Crippen LogP contribution >= 0.6 is 0 Å². The Morgan fingerprint density at radius 2 is 1.93 bits per heavy atom. The Hall–Kier alpha value is -2.19. The predicted octanol–water partition coefficient (Wildman–Crippen LogP) is 1.67. The van der Waals surface area contributed by atoms with Crippen LogP contribution in [0.1, 0.15) is 38.3 Å². The molecular formula is C21H34FN5O2. The van der Waals surface area contributed by atoms with E-state index in [9.17, 15) is 9.18 Å². The topological polar surface area (TPSA) is 78.0 Å². The summed E-state index contributed by atoms with van der Waals surface area (Å²) in [5.74, 6) is 0.428. The van der Waals surface area contributed by atoms with E-state index in [2.05, 4.69) is 25.8 Å². The molecule has 1 aliphatic heterocycles. The average Bonchev–Trinajstić information content (AvgIpc) is 2.74. The van der Waals surface area contributed by atoms with Gasteiger partial charge in [-0.15, -0.1) is 0 Å². The minimum atomic E-state index is -0.240. The fraction of sp³-hybridized carbons (Fsp3) is 0.619.